The van der Waals surface area contributed by atoms with Gasteiger partial charge in [0.05, 0.1) is 11.7 Å². The number of carbonyl (C=O) groups is 1. The molecule has 0 aromatic heterocycles. The van der Waals surface area contributed by atoms with Crippen LogP contribution in [0.15, 0.2) is 12.1 Å². The third kappa shape index (κ3) is 5.74. The number of methoxy groups -OCH3 is 1. The van der Waals surface area contributed by atoms with Crippen LogP contribution >= 0.6 is 0 Å². The van der Waals surface area contributed by atoms with Gasteiger partial charge in [0.15, 0.2) is 11.5 Å². The van der Waals surface area contributed by atoms with E-state index in [9.17, 15) is 9.90 Å². The molecule has 1 aromatic rings. The number of likely N-dealkylation sites (tertiary alicyclic amines) is 1. The number of carbonyl (C=O) groups excluding carboxylic acids is 1. The zero-order chi connectivity index (χ0) is 20.6. The van der Waals surface area contributed by atoms with Crippen molar-refractivity contribution in [2.75, 3.05) is 65.5 Å². The van der Waals surface area contributed by atoms with Gasteiger partial charge >= 0.3 is 0 Å². The average Bonchev–Trinajstić information content (AvgIpc) is 2.75. The van der Waals surface area contributed by atoms with Gasteiger partial charge in [0.25, 0.3) is 5.91 Å². The van der Waals surface area contributed by atoms with Crippen molar-refractivity contribution in [3.05, 3.63) is 17.7 Å². The number of hydrogen-bond donors (Lipinski definition) is 3. The van der Waals surface area contributed by atoms with Crippen molar-refractivity contribution in [3.63, 3.8) is 0 Å². The molecule has 3 N–H and O–H groups in total. The number of rotatable bonds is 9. The normalized spacial score (nSPS) is 21.6. The van der Waals surface area contributed by atoms with Crippen molar-refractivity contribution in [1.82, 2.24) is 10.2 Å². The van der Waals surface area contributed by atoms with Gasteiger partial charge in [-0.25, -0.2) is 0 Å². The van der Waals surface area contributed by atoms with Gasteiger partial charge in [-0.15, -0.1) is 0 Å². The molecule has 0 aliphatic carbocycles. The van der Waals surface area contributed by atoms with Crippen LogP contribution in [0.2, 0.25) is 0 Å². The molecular weight excluding hydrogens is 374 g/mol. The van der Waals surface area contributed by atoms with E-state index < -0.39 is 6.10 Å². The van der Waals surface area contributed by atoms with Crippen LogP contribution < -0.4 is 20.1 Å². The second-order valence-corrected chi connectivity index (χ2v) is 7.62. The van der Waals surface area contributed by atoms with Crippen LogP contribution in [0.5, 0.6) is 11.5 Å². The molecule has 1 aromatic carbocycles. The third-order valence-electron chi connectivity index (χ3n) is 5.58. The number of β-amino-alcohol motifs (C(OH)–C–C–N with tert-alkyl or cyclic N) is 1. The minimum Gasteiger partial charge on any atom is -0.486 e. The lowest BCUT2D eigenvalue weighted by Gasteiger charge is -2.36. The summed E-state index contributed by atoms with van der Waals surface area (Å²) in [5.41, 5.74) is 1.25. The van der Waals surface area contributed by atoms with Crippen LogP contribution in [-0.2, 0) is 4.74 Å². The summed E-state index contributed by atoms with van der Waals surface area (Å²) >= 11 is 0. The topological polar surface area (TPSA) is 92.3 Å². The van der Waals surface area contributed by atoms with Crippen LogP contribution in [0.25, 0.3) is 0 Å². The Bertz CT molecular complexity index is 685. The monoisotopic (exact) mass is 407 g/mol. The van der Waals surface area contributed by atoms with Crippen molar-refractivity contribution < 1.29 is 24.1 Å². The Morgan fingerprint density at radius 2 is 2.14 bits per heavy atom. The first kappa shape index (κ1) is 21.7. The SMILES string of the molecule is CNc1cc2c(c(C(=O)NC[C@@H]3CCN(CCCCOC)C[C@H]3O)c1)OCCO2. The second-order valence-electron chi connectivity index (χ2n) is 7.62. The fourth-order valence-electron chi connectivity index (χ4n) is 3.85. The van der Waals surface area contributed by atoms with E-state index in [4.69, 9.17) is 14.2 Å². The Hall–Kier alpha value is -2.03. The Balaban J connectivity index is 1.52. The molecule has 162 valence electrons. The highest BCUT2D eigenvalue weighted by Gasteiger charge is 2.29. The number of hydrogen-bond acceptors (Lipinski definition) is 7. The molecule has 1 fully saturated rings. The van der Waals surface area contributed by atoms with Crippen molar-refractivity contribution in [2.24, 2.45) is 5.92 Å². The first-order chi connectivity index (χ1) is 14.1. The van der Waals surface area contributed by atoms with Gasteiger partial charge in [0.1, 0.15) is 13.2 Å². The zero-order valence-electron chi connectivity index (χ0n) is 17.4. The standard InChI is InChI=1S/C21H33N3O5/c1-22-16-11-17(20-19(12-16)28-9-10-29-20)21(26)23-13-15-5-7-24(14-18(15)25)6-3-4-8-27-2/h11-12,15,18,22,25H,3-10,13-14H2,1-2H3,(H,23,26)/t15-,18+/m0/s1. The highest BCUT2D eigenvalue weighted by molar-refractivity contribution is 5.99. The Labute approximate surface area is 172 Å². The minimum atomic E-state index is -0.441. The molecule has 1 saturated heterocycles. The maximum Gasteiger partial charge on any atom is 0.255 e. The minimum absolute atomic E-state index is 0.0506. The van der Waals surface area contributed by atoms with Crippen LogP contribution in [-0.4, -0.2) is 82.2 Å². The molecule has 1 amide bonds. The fraction of sp³-hybridized carbons (Fsp3) is 0.667. The van der Waals surface area contributed by atoms with E-state index in [-0.39, 0.29) is 11.8 Å². The molecule has 0 unspecified atom stereocenters. The van der Waals surface area contributed by atoms with E-state index in [2.05, 4.69) is 15.5 Å². The summed E-state index contributed by atoms with van der Waals surface area (Å²) in [6.45, 7) is 4.67. The second kappa shape index (κ2) is 10.7. The summed E-state index contributed by atoms with van der Waals surface area (Å²) in [7, 11) is 3.51. The number of aliphatic hydroxyl groups excluding tert-OH is 1. The maximum absolute atomic E-state index is 12.8. The van der Waals surface area contributed by atoms with E-state index >= 15 is 0 Å². The Morgan fingerprint density at radius 1 is 1.31 bits per heavy atom. The molecule has 2 atom stereocenters. The summed E-state index contributed by atoms with van der Waals surface area (Å²) in [6, 6.07) is 3.60. The van der Waals surface area contributed by atoms with E-state index in [0.717, 1.165) is 44.6 Å². The molecule has 3 rings (SSSR count). The van der Waals surface area contributed by atoms with Crippen LogP contribution in [0.3, 0.4) is 0 Å². The molecule has 0 spiro atoms. The van der Waals surface area contributed by atoms with Crippen LogP contribution in [0, 0.1) is 5.92 Å². The van der Waals surface area contributed by atoms with Crippen molar-refractivity contribution in [1.29, 1.82) is 0 Å². The lowest BCUT2D eigenvalue weighted by atomic mass is 9.93. The molecule has 8 heteroatoms. The number of anilines is 1. The van der Waals surface area contributed by atoms with Gasteiger partial charge in [-0.1, -0.05) is 0 Å². The molecule has 0 radical (unpaired) electrons. The van der Waals surface area contributed by atoms with Gasteiger partial charge in [-0.05, 0) is 38.4 Å². The fourth-order valence-corrected chi connectivity index (χ4v) is 3.85. The number of amides is 1. The van der Waals surface area contributed by atoms with Crippen LogP contribution in [0.4, 0.5) is 5.69 Å². The van der Waals surface area contributed by atoms with Crippen molar-refractivity contribution in [3.8, 4) is 11.5 Å². The molecule has 2 aliphatic rings. The number of nitrogens with one attached hydrogen (secondary N) is 2. The summed E-state index contributed by atoms with van der Waals surface area (Å²) < 4.78 is 16.4. The number of piperidine rings is 1. The van der Waals surface area contributed by atoms with E-state index in [1.807, 2.05) is 6.07 Å². The smallest absolute Gasteiger partial charge is 0.255 e. The first-order valence-electron chi connectivity index (χ1n) is 10.4. The molecule has 0 saturated carbocycles. The number of nitrogens with zero attached hydrogens (tertiary/aromatic N) is 1. The molecular formula is C21H33N3O5. The first-order valence-corrected chi connectivity index (χ1v) is 10.4. The van der Waals surface area contributed by atoms with E-state index in [1.165, 1.54) is 0 Å². The molecule has 2 heterocycles. The van der Waals surface area contributed by atoms with Crippen molar-refractivity contribution >= 4 is 11.6 Å². The molecule has 0 bridgehead atoms. The van der Waals surface area contributed by atoms with Crippen molar-refractivity contribution in [2.45, 2.75) is 25.4 Å². The lowest BCUT2D eigenvalue weighted by Crippen LogP contribution is -2.47. The zero-order valence-corrected chi connectivity index (χ0v) is 17.4. The van der Waals surface area contributed by atoms with E-state index in [1.54, 1.807) is 20.2 Å². The van der Waals surface area contributed by atoms with E-state index in [0.29, 0.717) is 43.4 Å². The summed E-state index contributed by atoms with van der Waals surface area (Å²) in [5.74, 6) is 0.905. The van der Waals surface area contributed by atoms with Gasteiger partial charge in [-0.2, -0.15) is 0 Å². The van der Waals surface area contributed by atoms with Gasteiger partial charge in [0, 0.05) is 51.5 Å². The van der Waals surface area contributed by atoms with Gasteiger partial charge in [0.2, 0.25) is 0 Å². The summed E-state index contributed by atoms with van der Waals surface area (Å²) in [4.78, 5) is 15.1. The largest absolute Gasteiger partial charge is 0.486 e. The molecule has 2 aliphatic heterocycles. The molecule has 8 nitrogen and oxygen atoms in total. The highest BCUT2D eigenvalue weighted by Crippen LogP contribution is 2.37. The Morgan fingerprint density at radius 3 is 2.90 bits per heavy atom. The summed E-state index contributed by atoms with van der Waals surface area (Å²) in [6.07, 6.45) is 2.52. The summed E-state index contributed by atoms with van der Waals surface area (Å²) in [5, 5.41) is 16.6. The predicted molar refractivity (Wildman–Crippen MR) is 111 cm³/mol. The lowest BCUT2D eigenvalue weighted by molar-refractivity contribution is 0.0209. The number of aliphatic hydroxyl groups is 1. The number of fused-ring (bicyclic) bond motifs is 1. The quantitative estimate of drug-likeness (QED) is 0.532. The van der Waals surface area contributed by atoms with Gasteiger partial charge < -0.3 is 34.9 Å². The van der Waals surface area contributed by atoms with Crippen LogP contribution in [0.1, 0.15) is 29.6 Å². The highest BCUT2D eigenvalue weighted by atomic mass is 16.6. The Kier molecular flexibility index (Phi) is 7.97. The predicted octanol–water partition coefficient (Wildman–Crippen LogP) is 1.34. The average molecular weight is 408 g/mol. The third-order valence-corrected chi connectivity index (χ3v) is 5.58. The maximum atomic E-state index is 12.8. The number of unbranched alkanes of at least 4 members (excludes halogenated alkanes) is 1. The number of benzene rings is 1. The van der Waals surface area contributed by atoms with Gasteiger partial charge in [-0.3, -0.25) is 4.79 Å². The number of ether oxygens (including phenoxy) is 3. The molecule has 29 heavy (non-hydrogen) atoms.